The molecule has 1 aromatic carbocycles. The molecule has 1 saturated carbocycles. The van der Waals surface area contributed by atoms with Gasteiger partial charge in [-0.05, 0) is 43.4 Å². The molecule has 0 aliphatic heterocycles. The van der Waals surface area contributed by atoms with Gasteiger partial charge in [0.25, 0.3) is 0 Å². The highest BCUT2D eigenvalue weighted by Crippen LogP contribution is 2.34. The van der Waals surface area contributed by atoms with Crippen LogP contribution in [0.3, 0.4) is 0 Å². The predicted molar refractivity (Wildman–Crippen MR) is 85.2 cm³/mol. The van der Waals surface area contributed by atoms with Crippen LogP contribution < -0.4 is 11.1 Å². The number of hydrogen-bond acceptors (Lipinski definition) is 4. The summed E-state index contributed by atoms with van der Waals surface area (Å²) in [7, 11) is 0. The molecule has 1 aliphatic rings. The van der Waals surface area contributed by atoms with E-state index in [0.717, 1.165) is 49.3 Å². The van der Waals surface area contributed by atoms with E-state index in [1.807, 2.05) is 18.2 Å². The molecule has 4 nitrogen and oxygen atoms in total. The van der Waals surface area contributed by atoms with Gasteiger partial charge in [-0.25, -0.2) is 14.4 Å². The van der Waals surface area contributed by atoms with Crippen molar-refractivity contribution in [1.82, 2.24) is 9.97 Å². The summed E-state index contributed by atoms with van der Waals surface area (Å²) in [6.45, 7) is 0.831. The Morgan fingerprint density at radius 3 is 2.68 bits per heavy atom. The Balaban J connectivity index is 1.45. The minimum atomic E-state index is -0.189. The van der Waals surface area contributed by atoms with Gasteiger partial charge in [0.05, 0.1) is 0 Å². The summed E-state index contributed by atoms with van der Waals surface area (Å²) in [5, 5.41) is 3.32. The smallest absolute Gasteiger partial charge is 0.129 e. The fourth-order valence-corrected chi connectivity index (χ4v) is 2.76. The van der Waals surface area contributed by atoms with E-state index in [1.165, 1.54) is 12.1 Å². The Bertz CT molecular complexity index is 608. The number of nitrogens with two attached hydrogens (primary N) is 1. The monoisotopic (exact) mass is 300 g/mol. The van der Waals surface area contributed by atoms with Crippen LogP contribution in [0.4, 0.5) is 10.2 Å². The second-order valence-electron chi connectivity index (χ2n) is 5.91. The third kappa shape index (κ3) is 3.80. The second kappa shape index (κ2) is 6.83. The van der Waals surface area contributed by atoms with E-state index in [9.17, 15) is 4.39 Å². The Labute approximate surface area is 130 Å². The first kappa shape index (κ1) is 14.9. The lowest BCUT2D eigenvalue weighted by Gasteiger charge is -2.31. The molecule has 0 spiro atoms. The van der Waals surface area contributed by atoms with Crippen molar-refractivity contribution in [3.05, 3.63) is 53.7 Å². The highest BCUT2D eigenvalue weighted by molar-refractivity contribution is 5.36. The number of rotatable bonds is 6. The summed E-state index contributed by atoms with van der Waals surface area (Å²) in [4.78, 5) is 8.59. The van der Waals surface area contributed by atoms with Gasteiger partial charge in [0.15, 0.2) is 0 Å². The molecule has 2 aromatic rings. The Hall–Kier alpha value is -2.01. The molecule has 1 aromatic heterocycles. The Morgan fingerprint density at radius 1 is 1.18 bits per heavy atom. The summed E-state index contributed by atoms with van der Waals surface area (Å²) in [6, 6.07) is 9.02. The third-order valence-corrected chi connectivity index (χ3v) is 4.14. The molecule has 1 aliphatic carbocycles. The van der Waals surface area contributed by atoms with Gasteiger partial charge in [-0.1, -0.05) is 12.1 Å². The fraction of sp³-hybridized carbons (Fsp3) is 0.412. The molecule has 1 heterocycles. The summed E-state index contributed by atoms with van der Waals surface area (Å²) in [5.41, 5.74) is 8.05. The van der Waals surface area contributed by atoms with Gasteiger partial charge in [0.1, 0.15) is 18.0 Å². The van der Waals surface area contributed by atoms with Gasteiger partial charge in [0.2, 0.25) is 0 Å². The first-order valence-corrected chi connectivity index (χ1v) is 7.76. The standard InChI is InChI=1S/C17H21FN4/c18-14-5-3-12(4-6-14)2-1-7-20-17-10-16(21-11-22-17)13-8-15(19)9-13/h3-6,10-11,13,15H,1-2,7-9,19H2,(H,20,21,22). The van der Waals surface area contributed by atoms with Crippen molar-refractivity contribution in [2.75, 3.05) is 11.9 Å². The fourth-order valence-electron chi connectivity index (χ4n) is 2.76. The van der Waals surface area contributed by atoms with Crippen LogP contribution in [0.2, 0.25) is 0 Å². The molecule has 3 rings (SSSR count). The maximum absolute atomic E-state index is 12.8. The quantitative estimate of drug-likeness (QED) is 0.805. The largest absolute Gasteiger partial charge is 0.370 e. The number of aryl methyl sites for hydroxylation is 1. The molecular formula is C17H21FN4. The number of nitrogens with zero attached hydrogens (tertiary/aromatic N) is 2. The molecule has 0 bridgehead atoms. The molecule has 0 atom stereocenters. The number of benzene rings is 1. The van der Waals surface area contributed by atoms with Crippen molar-refractivity contribution in [3.8, 4) is 0 Å². The van der Waals surface area contributed by atoms with Crippen LogP contribution in [0.15, 0.2) is 36.7 Å². The molecule has 1 fully saturated rings. The number of nitrogens with one attached hydrogen (secondary N) is 1. The summed E-state index contributed by atoms with van der Waals surface area (Å²) >= 11 is 0. The SMILES string of the molecule is NC1CC(c2cc(NCCCc3ccc(F)cc3)ncn2)C1. The summed E-state index contributed by atoms with van der Waals surface area (Å²) < 4.78 is 12.8. The molecule has 0 radical (unpaired) electrons. The number of aromatic nitrogens is 2. The van der Waals surface area contributed by atoms with Gasteiger partial charge in [-0.2, -0.15) is 0 Å². The van der Waals surface area contributed by atoms with E-state index >= 15 is 0 Å². The average Bonchev–Trinajstić information content (AvgIpc) is 2.50. The number of halogens is 1. The second-order valence-corrected chi connectivity index (χ2v) is 5.91. The average molecular weight is 300 g/mol. The lowest BCUT2D eigenvalue weighted by molar-refractivity contribution is 0.345. The van der Waals surface area contributed by atoms with Crippen molar-refractivity contribution in [1.29, 1.82) is 0 Å². The van der Waals surface area contributed by atoms with Crippen molar-refractivity contribution >= 4 is 5.82 Å². The zero-order valence-corrected chi connectivity index (χ0v) is 12.5. The molecule has 0 unspecified atom stereocenters. The van der Waals surface area contributed by atoms with Crippen LogP contribution in [-0.4, -0.2) is 22.6 Å². The highest BCUT2D eigenvalue weighted by atomic mass is 19.1. The lowest BCUT2D eigenvalue weighted by Crippen LogP contribution is -2.35. The first-order chi connectivity index (χ1) is 10.7. The Kier molecular flexibility index (Phi) is 4.63. The molecule has 0 saturated heterocycles. The van der Waals surface area contributed by atoms with Crippen molar-refractivity contribution in [3.63, 3.8) is 0 Å². The topological polar surface area (TPSA) is 63.8 Å². The van der Waals surface area contributed by atoms with Crippen LogP contribution in [-0.2, 0) is 6.42 Å². The molecule has 116 valence electrons. The van der Waals surface area contributed by atoms with E-state index in [1.54, 1.807) is 6.33 Å². The van der Waals surface area contributed by atoms with Crippen LogP contribution in [0.5, 0.6) is 0 Å². The van der Waals surface area contributed by atoms with Crippen LogP contribution in [0.1, 0.15) is 36.4 Å². The van der Waals surface area contributed by atoms with Crippen molar-refractivity contribution < 1.29 is 4.39 Å². The van der Waals surface area contributed by atoms with E-state index in [4.69, 9.17) is 5.73 Å². The van der Waals surface area contributed by atoms with Crippen LogP contribution >= 0.6 is 0 Å². The van der Waals surface area contributed by atoms with E-state index in [0.29, 0.717) is 12.0 Å². The predicted octanol–water partition coefficient (Wildman–Crippen LogP) is 2.87. The van der Waals surface area contributed by atoms with Gasteiger partial charge >= 0.3 is 0 Å². The van der Waals surface area contributed by atoms with Gasteiger partial charge in [0, 0.05) is 30.3 Å². The molecule has 22 heavy (non-hydrogen) atoms. The minimum absolute atomic E-state index is 0.189. The first-order valence-electron chi connectivity index (χ1n) is 7.76. The molecular weight excluding hydrogens is 279 g/mol. The highest BCUT2D eigenvalue weighted by Gasteiger charge is 2.28. The van der Waals surface area contributed by atoms with Crippen molar-refractivity contribution in [2.24, 2.45) is 5.73 Å². The maximum atomic E-state index is 12.8. The van der Waals surface area contributed by atoms with Gasteiger partial charge in [-0.15, -0.1) is 0 Å². The molecule has 5 heteroatoms. The van der Waals surface area contributed by atoms with Crippen LogP contribution in [0.25, 0.3) is 0 Å². The lowest BCUT2D eigenvalue weighted by atomic mass is 9.79. The number of anilines is 1. The van der Waals surface area contributed by atoms with Gasteiger partial charge < -0.3 is 11.1 Å². The Morgan fingerprint density at radius 2 is 1.95 bits per heavy atom. The van der Waals surface area contributed by atoms with Gasteiger partial charge in [-0.3, -0.25) is 0 Å². The minimum Gasteiger partial charge on any atom is -0.370 e. The zero-order chi connectivity index (χ0) is 15.4. The normalized spacial score (nSPS) is 20.5. The van der Waals surface area contributed by atoms with Crippen molar-refractivity contribution in [2.45, 2.75) is 37.6 Å². The summed E-state index contributed by atoms with van der Waals surface area (Å²) in [5.74, 6) is 1.16. The molecule has 3 N–H and O–H groups in total. The van der Waals surface area contributed by atoms with Crippen LogP contribution in [0, 0.1) is 5.82 Å². The third-order valence-electron chi connectivity index (χ3n) is 4.14. The zero-order valence-electron chi connectivity index (χ0n) is 12.5. The van der Waals surface area contributed by atoms with E-state index in [2.05, 4.69) is 15.3 Å². The van der Waals surface area contributed by atoms with E-state index in [-0.39, 0.29) is 5.82 Å². The maximum Gasteiger partial charge on any atom is 0.129 e. The molecule has 0 amide bonds. The van der Waals surface area contributed by atoms with E-state index < -0.39 is 0 Å². The summed E-state index contributed by atoms with van der Waals surface area (Å²) in [6.07, 6.45) is 5.53. The number of hydrogen-bond donors (Lipinski definition) is 2.